The lowest BCUT2D eigenvalue weighted by Gasteiger charge is -2.71. The summed E-state index contributed by atoms with van der Waals surface area (Å²) in [4.78, 5) is 0. The van der Waals surface area contributed by atoms with E-state index < -0.39 is 221 Å². The third-order valence-corrected chi connectivity index (χ3v) is 24.3. The molecule has 37 unspecified atom stereocenters. The minimum absolute atomic E-state index is 0.00857. The standard InChI is InChI=1S/C64H108O30/c1-26(2)10-9-14-64(8,87-25-35-45(75)47(77)44(74)33(88-35)23-85-55-52(82)46(76)34(24-86-55)91-56-50(80)40(70)29(68)21-83-56)27-11-16-63(7)39(27)28(67)18-37-61(5)15-13-38(60(3,4)36(61)12-17-62(37,63)6)92-58-53(48(78)42(72)31(19-65)89-58)94-59-54(49(79)43(73)32(20-66)90-59)93-57-51(81)41(71)30(69)22-84-57/h10,27-59,65-82H,9,11-25H2,1-8H3. The van der Waals surface area contributed by atoms with Crippen molar-refractivity contribution in [2.45, 2.75) is 297 Å². The summed E-state index contributed by atoms with van der Waals surface area (Å²) in [6.45, 7) is 13.8. The Morgan fingerprint density at radius 1 is 0.479 bits per heavy atom. The van der Waals surface area contributed by atoms with Gasteiger partial charge < -0.3 is 149 Å². The number of hydrogen-bond acceptors (Lipinski definition) is 30. The van der Waals surface area contributed by atoms with Crippen molar-refractivity contribution in [1.29, 1.82) is 0 Å². The molecule has 6 saturated heterocycles. The number of aliphatic hydroxyl groups excluding tert-OH is 18. The second-order valence-corrected chi connectivity index (χ2v) is 30.4. The summed E-state index contributed by atoms with van der Waals surface area (Å²) in [6.07, 6.45) is -36.7. The molecule has 0 aromatic rings. The van der Waals surface area contributed by atoms with Crippen LogP contribution in [0.25, 0.3) is 0 Å². The molecule has 10 aliphatic rings. The van der Waals surface area contributed by atoms with Crippen molar-refractivity contribution < 1.29 is 149 Å². The molecule has 10 rings (SSSR count). The minimum Gasteiger partial charge on any atom is -0.394 e. The van der Waals surface area contributed by atoms with Gasteiger partial charge in [-0.1, -0.05) is 46.3 Å². The highest BCUT2D eigenvalue weighted by Gasteiger charge is 2.72. The number of allylic oxidation sites excluding steroid dienone is 2. The lowest BCUT2D eigenvalue weighted by Crippen LogP contribution is -2.68. The Morgan fingerprint density at radius 2 is 0.989 bits per heavy atom. The first-order valence-electron chi connectivity index (χ1n) is 33.6. The molecule has 10 fully saturated rings. The topological polar surface area (TPSA) is 475 Å². The number of aliphatic hydroxyl groups is 18. The molecule has 30 heteroatoms. The third kappa shape index (κ3) is 13.9. The second kappa shape index (κ2) is 29.5. The zero-order valence-electron chi connectivity index (χ0n) is 54.9. The molecule has 0 spiro atoms. The van der Waals surface area contributed by atoms with Crippen LogP contribution in [-0.2, 0) is 56.8 Å². The van der Waals surface area contributed by atoms with E-state index in [-0.39, 0.29) is 54.3 Å². The van der Waals surface area contributed by atoms with Crippen LogP contribution in [-0.4, -0.2) is 322 Å². The fourth-order valence-corrected chi connectivity index (χ4v) is 18.5. The van der Waals surface area contributed by atoms with Crippen LogP contribution in [0.3, 0.4) is 0 Å². The van der Waals surface area contributed by atoms with E-state index in [1.807, 2.05) is 20.8 Å². The van der Waals surface area contributed by atoms with Gasteiger partial charge in [-0.05, 0) is 124 Å². The fourth-order valence-electron chi connectivity index (χ4n) is 18.5. The van der Waals surface area contributed by atoms with Crippen molar-refractivity contribution in [2.24, 2.45) is 45.3 Å². The van der Waals surface area contributed by atoms with Crippen LogP contribution >= 0.6 is 0 Å². The molecular formula is C64H108O30. The van der Waals surface area contributed by atoms with Crippen molar-refractivity contribution in [3.8, 4) is 0 Å². The van der Waals surface area contributed by atoms with Gasteiger partial charge in [-0.2, -0.15) is 0 Å². The van der Waals surface area contributed by atoms with Crippen LogP contribution in [0.4, 0.5) is 0 Å². The summed E-state index contributed by atoms with van der Waals surface area (Å²) in [7, 11) is 0. The highest BCUT2D eigenvalue weighted by Crippen LogP contribution is 2.76. The first-order valence-corrected chi connectivity index (χ1v) is 33.6. The van der Waals surface area contributed by atoms with Crippen molar-refractivity contribution in [3.63, 3.8) is 0 Å². The van der Waals surface area contributed by atoms with E-state index in [0.717, 1.165) is 24.8 Å². The maximum atomic E-state index is 13.0. The van der Waals surface area contributed by atoms with E-state index in [9.17, 15) is 91.9 Å². The Labute approximate surface area is 547 Å². The maximum Gasteiger partial charge on any atom is 0.187 e. The smallest absolute Gasteiger partial charge is 0.187 e. The van der Waals surface area contributed by atoms with Gasteiger partial charge in [-0.15, -0.1) is 0 Å². The zero-order chi connectivity index (χ0) is 68.6. The van der Waals surface area contributed by atoms with E-state index in [4.69, 9.17) is 56.8 Å². The summed E-state index contributed by atoms with van der Waals surface area (Å²) in [5.74, 6) is -0.457. The van der Waals surface area contributed by atoms with Gasteiger partial charge in [0.2, 0.25) is 0 Å². The molecule has 0 amide bonds. The molecule has 6 heterocycles. The molecule has 4 saturated carbocycles. The Balaban J connectivity index is 0.820. The summed E-state index contributed by atoms with van der Waals surface area (Å²) < 4.78 is 72.4. The first kappa shape index (κ1) is 75.2. The molecule has 0 aromatic carbocycles. The predicted octanol–water partition coefficient (Wildman–Crippen LogP) is -4.59. The molecule has 94 heavy (non-hydrogen) atoms. The summed E-state index contributed by atoms with van der Waals surface area (Å²) in [6, 6.07) is 0. The van der Waals surface area contributed by atoms with Crippen LogP contribution in [0.1, 0.15) is 113 Å². The average Bonchev–Trinajstić information content (AvgIpc) is 1.31. The molecule has 0 aromatic heterocycles. The molecule has 37 atom stereocenters. The monoisotopic (exact) mass is 1360 g/mol. The highest BCUT2D eigenvalue weighted by atomic mass is 16.8. The van der Waals surface area contributed by atoms with Crippen LogP contribution in [0.15, 0.2) is 11.6 Å². The molecule has 0 bridgehead atoms. The zero-order valence-corrected chi connectivity index (χ0v) is 54.9. The molecule has 0 radical (unpaired) electrons. The van der Waals surface area contributed by atoms with Crippen LogP contribution in [0, 0.1) is 45.3 Å². The van der Waals surface area contributed by atoms with Gasteiger partial charge in [0.15, 0.2) is 31.5 Å². The van der Waals surface area contributed by atoms with Crippen molar-refractivity contribution in [1.82, 2.24) is 0 Å². The van der Waals surface area contributed by atoms with E-state index in [1.165, 1.54) is 0 Å². The Morgan fingerprint density at radius 3 is 1.56 bits per heavy atom. The molecule has 6 aliphatic heterocycles. The van der Waals surface area contributed by atoms with Crippen LogP contribution in [0.5, 0.6) is 0 Å². The Bertz CT molecular complexity index is 2500. The van der Waals surface area contributed by atoms with Crippen molar-refractivity contribution >= 4 is 0 Å². The van der Waals surface area contributed by atoms with Gasteiger partial charge in [0, 0.05) is 0 Å². The van der Waals surface area contributed by atoms with Gasteiger partial charge in [0.1, 0.15) is 134 Å². The largest absolute Gasteiger partial charge is 0.394 e. The average molecular weight is 1360 g/mol. The summed E-state index contributed by atoms with van der Waals surface area (Å²) >= 11 is 0. The minimum atomic E-state index is -1.89. The number of rotatable bonds is 20. The quantitative estimate of drug-likeness (QED) is 0.0403. The lowest BCUT2D eigenvalue weighted by molar-refractivity contribution is -0.395. The fraction of sp³-hybridized carbons (Fsp3) is 0.969. The van der Waals surface area contributed by atoms with E-state index in [0.29, 0.717) is 38.5 Å². The number of hydrogen-bond donors (Lipinski definition) is 18. The van der Waals surface area contributed by atoms with Crippen LogP contribution < -0.4 is 0 Å². The normalized spacial score (nSPS) is 52.8. The Hall–Kier alpha value is -1.46. The number of fused-ring (bicyclic) bond motifs is 5. The van der Waals surface area contributed by atoms with Crippen molar-refractivity contribution in [2.75, 3.05) is 46.2 Å². The van der Waals surface area contributed by atoms with Gasteiger partial charge in [-0.25, -0.2) is 0 Å². The van der Waals surface area contributed by atoms with Gasteiger partial charge >= 0.3 is 0 Å². The van der Waals surface area contributed by atoms with Crippen molar-refractivity contribution in [3.05, 3.63) is 11.6 Å². The first-order chi connectivity index (χ1) is 44.2. The van der Waals surface area contributed by atoms with E-state index in [2.05, 4.69) is 40.7 Å². The molecule has 4 aliphatic carbocycles. The highest BCUT2D eigenvalue weighted by molar-refractivity contribution is 5.21. The van der Waals surface area contributed by atoms with Crippen LogP contribution in [0.2, 0.25) is 0 Å². The lowest BCUT2D eigenvalue weighted by atomic mass is 9.35. The maximum absolute atomic E-state index is 13.0. The molecule has 544 valence electrons. The number of ether oxygens (including phenoxy) is 12. The second-order valence-electron chi connectivity index (χ2n) is 30.4. The molecular weight excluding hydrogens is 1250 g/mol. The SMILES string of the molecule is CC(C)=CCCC(C)(OCC1OC(COC2OCC(OC3OCC(O)C(O)C3O)C(O)C2O)C(O)C(O)C1O)C1CCC2(C)C1C(O)CC1C3(C)CCC(OC4OC(CO)C(O)C(O)C4OC4OC(CO)C(O)C(O)C4OC4OCC(O)C(O)C4O)C(C)(C)C3CCC12C. The molecule has 18 N–H and O–H groups in total. The van der Waals surface area contributed by atoms with Gasteiger partial charge in [0.05, 0.1) is 64.1 Å². The van der Waals surface area contributed by atoms with E-state index >= 15 is 0 Å². The van der Waals surface area contributed by atoms with Gasteiger partial charge in [0.25, 0.3) is 0 Å². The third-order valence-electron chi connectivity index (χ3n) is 24.3. The van der Waals surface area contributed by atoms with E-state index in [1.54, 1.807) is 0 Å². The Kier molecular flexibility index (Phi) is 23.6. The molecule has 30 nitrogen and oxygen atoms in total. The predicted molar refractivity (Wildman–Crippen MR) is 318 cm³/mol. The summed E-state index contributed by atoms with van der Waals surface area (Å²) in [5, 5.41) is 196. The summed E-state index contributed by atoms with van der Waals surface area (Å²) in [5.41, 5.74) is -1.57. The van der Waals surface area contributed by atoms with Gasteiger partial charge in [-0.3, -0.25) is 0 Å².